The van der Waals surface area contributed by atoms with Crippen molar-refractivity contribution in [3.05, 3.63) is 75.0 Å². The van der Waals surface area contributed by atoms with Crippen LogP contribution in [0.4, 0.5) is 5.69 Å². The van der Waals surface area contributed by atoms with Crippen LogP contribution in [0.15, 0.2) is 63.9 Å². The smallest absolute Gasteiger partial charge is 0.264 e. The number of benzene rings is 2. The zero-order valence-electron chi connectivity index (χ0n) is 17.9. The summed E-state index contributed by atoms with van der Waals surface area (Å²) in [5.41, 5.74) is 3.16. The summed E-state index contributed by atoms with van der Waals surface area (Å²) in [5.74, 6) is 0.687. The molecule has 1 heterocycles. The molecule has 6 nitrogen and oxygen atoms in total. The summed E-state index contributed by atoms with van der Waals surface area (Å²) in [7, 11) is 0. The van der Waals surface area contributed by atoms with E-state index in [1.54, 1.807) is 6.07 Å². The molecule has 0 bridgehead atoms. The molecule has 0 saturated carbocycles. The summed E-state index contributed by atoms with van der Waals surface area (Å²) < 4.78 is 6.74. The molecule has 0 aliphatic rings. The van der Waals surface area contributed by atoms with Gasteiger partial charge in [-0.15, -0.1) is 0 Å². The molecule has 0 atom stereocenters. The molecular formula is C24H26BrN3O3. The number of nitrogens with one attached hydrogen (secondary N) is 2. The lowest BCUT2D eigenvalue weighted by atomic mass is 9.87. The normalized spacial score (nSPS) is 11.2. The number of hydrogen-bond acceptors (Lipinski definition) is 4. The second-order valence-corrected chi connectivity index (χ2v) is 9.14. The second-order valence-electron chi connectivity index (χ2n) is 8.28. The molecule has 2 N–H and O–H groups in total. The second kappa shape index (κ2) is 9.92. The van der Waals surface area contributed by atoms with Gasteiger partial charge < -0.3 is 10.1 Å². The first-order chi connectivity index (χ1) is 14.7. The highest BCUT2D eigenvalue weighted by Gasteiger charge is 2.15. The molecule has 1 amide bonds. The van der Waals surface area contributed by atoms with Gasteiger partial charge in [0.2, 0.25) is 5.91 Å². The summed E-state index contributed by atoms with van der Waals surface area (Å²) in [6.07, 6.45) is 0.944. The van der Waals surface area contributed by atoms with E-state index in [0.717, 1.165) is 15.8 Å². The summed E-state index contributed by atoms with van der Waals surface area (Å²) in [6.45, 7) is 6.95. The summed E-state index contributed by atoms with van der Waals surface area (Å²) in [6, 6.07) is 16.5. The molecule has 0 saturated heterocycles. The lowest BCUT2D eigenvalue weighted by Crippen LogP contribution is -2.13. The Morgan fingerprint density at radius 3 is 2.61 bits per heavy atom. The Hall–Kier alpha value is -2.93. The van der Waals surface area contributed by atoms with Gasteiger partial charge in [-0.25, -0.2) is 5.10 Å². The quantitative estimate of drug-likeness (QED) is 0.446. The van der Waals surface area contributed by atoms with Crippen molar-refractivity contribution in [2.24, 2.45) is 0 Å². The van der Waals surface area contributed by atoms with Crippen molar-refractivity contribution in [1.82, 2.24) is 10.2 Å². The Morgan fingerprint density at radius 1 is 1.13 bits per heavy atom. The Kier molecular flexibility index (Phi) is 7.28. The largest absolute Gasteiger partial charge is 0.492 e. The Bertz CT molecular complexity index is 1100. The van der Waals surface area contributed by atoms with Crippen LogP contribution in [-0.2, 0) is 10.2 Å². The van der Waals surface area contributed by atoms with Crippen molar-refractivity contribution in [2.45, 2.75) is 39.0 Å². The van der Waals surface area contributed by atoms with E-state index in [1.807, 2.05) is 30.3 Å². The maximum atomic E-state index is 12.3. The van der Waals surface area contributed by atoms with E-state index >= 15 is 0 Å². The number of aromatic amines is 1. The van der Waals surface area contributed by atoms with Crippen LogP contribution in [0.1, 0.15) is 39.2 Å². The van der Waals surface area contributed by atoms with Crippen molar-refractivity contribution in [3.8, 4) is 17.0 Å². The third-order valence-corrected chi connectivity index (χ3v) is 5.34. The highest BCUT2D eigenvalue weighted by molar-refractivity contribution is 9.10. The highest BCUT2D eigenvalue weighted by atomic mass is 79.9. The number of amides is 1. The number of carbonyl (C=O) groups excluding carboxylic acids is 1. The molecule has 3 aromatic rings. The lowest BCUT2D eigenvalue weighted by Gasteiger charge is -2.20. The molecule has 3 rings (SSSR count). The molecule has 31 heavy (non-hydrogen) atoms. The zero-order chi connectivity index (χ0) is 22.4. The van der Waals surface area contributed by atoms with Crippen molar-refractivity contribution in [3.63, 3.8) is 0 Å². The minimum Gasteiger partial charge on any atom is -0.492 e. The molecule has 162 valence electrons. The van der Waals surface area contributed by atoms with Crippen LogP contribution in [0, 0.1) is 0 Å². The fraction of sp³-hybridized carbons (Fsp3) is 0.292. The highest BCUT2D eigenvalue weighted by Crippen LogP contribution is 2.31. The number of anilines is 1. The van der Waals surface area contributed by atoms with Gasteiger partial charge in [-0.1, -0.05) is 39.0 Å². The summed E-state index contributed by atoms with van der Waals surface area (Å²) in [5, 5.41) is 9.32. The van der Waals surface area contributed by atoms with Gasteiger partial charge in [-0.3, -0.25) is 9.59 Å². The summed E-state index contributed by atoms with van der Waals surface area (Å²) in [4.78, 5) is 23.5. The Balaban J connectivity index is 1.49. The summed E-state index contributed by atoms with van der Waals surface area (Å²) >= 11 is 3.57. The number of aromatic nitrogens is 2. The van der Waals surface area contributed by atoms with Gasteiger partial charge in [-0.05, 0) is 63.7 Å². The van der Waals surface area contributed by atoms with Crippen LogP contribution in [-0.4, -0.2) is 22.7 Å². The first kappa shape index (κ1) is 22.7. The predicted molar refractivity (Wildman–Crippen MR) is 126 cm³/mol. The minimum absolute atomic E-state index is 0.0737. The van der Waals surface area contributed by atoms with Crippen LogP contribution in [0.25, 0.3) is 11.3 Å². The van der Waals surface area contributed by atoms with Crippen LogP contribution >= 0.6 is 15.9 Å². The molecule has 0 aliphatic heterocycles. The van der Waals surface area contributed by atoms with Crippen LogP contribution in [0.5, 0.6) is 5.75 Å². The molecule has 2 aromatic carbocycles. The molecule has 0 radical (unpaired) electrons. The van der Waals surface area contributed by atoms with Crippen LogP contribution in [0.2, 0.25) is 0 Å². The van der Waals surface area contributed by atoms with E-state index in [-0.39, 0.29) is 16.9 Å². The molecule has 7 heteroatoms. The monoisotopic (exact) mass is 483 g/mol. The van der Waals surface area contributed by atoms with E-state index in [0.29, 0.717) is 30.8 Å². The molecule has 0 fully saturated rings. The van der Waals surface area contributed by atoms with E-state index in [1.165, 1.54) is 11.6 Å². The van der Waals surface area contributed by atoms with Gasteiger partial charge in [-0.2, -0.15) is 5.10 Å². The number of ether oxygens (including phenoxy) is 1. The molecule has 0 spiro atoms. The number of H-pyrrole nitrogens is 1. The fourth-order valence-electron chi connectivity index (χ4n) is 2.98. The predicted octanol–water partition coefficient (Wildman–Crippen LogP) is 5.29. The van der Waals surface area contributed by atoms with Crippen molar-refractivity contribution in [1.29, 1.82) is 0 Å². The fourth-order valence-corrected chi connectivity index (χ4v) is 3.48. The number of carbonyl (C=O) groups is 1. The van der Waals surface area contributed by atoms with Crippen molar-refractivity contribution >= 4 is 27.5 Å². The van der Waals surface area contributed by atoms with Gasteiger partial charge in [0, 0.05) is 23.7 Å². The SMILES string of the molecule is CC(C)(C)c1ccc(OCCCC(=O)Nc2cccc(-c3ccc(=O)[nH]n3)c2)c(Br)c1. The van der Waals surface area contributed by atoms with Gasteiger partial charge in [0.1, 0.15) is 5.75 Å². The lowest BCUT2D eigenvalue weighted by molar-refractivity contribution is -0.116. The third kappa shape index (κ3) is 6.52. The number of hydrogen-bond donors (Lipinski definition) is 2. The van der Waals surface area contributed by atoms with E-state index in [2.05, 4.69) is 64.3 Å². The van der Waals surface area contributed by atoms with Crippen LogP contribution < -0.4 is 15.6 Å². The molecule has 1 aromatic heterocycles. The standard InChI is InChI=1S/C24H26BrN3O3/c1-24(2,3)17-9-11-21(19(25)15-17)31-13-5-8-22(29)26-18-7-4-6-16(14-18)20-10-12-23(30)28-27-20/h4,6-7,9-12,14-15H,5,8,13H2,1-3H3,(H,26,29)(H,28,30). The first-order valence-corrected chi connectivity index (χ1v) is 10.9. The topological polar surface area (TPSA) is 84.1 Å². The van der Waals surface area contributed by atoms with Gasteiger partial charge in [0.15, 0.2) is 0 Å². The van der Waals surface area contributed by atoms with Gasteiger partial charge >= 0.3 is 0 Å². The van der Waals surface area contributed by atoms with Crippen molar-refractivity contribution in [2.75, 3.05) is 11.9 Å². The maximum absolute atomic E-state index is 12.3. The van der Waals surface area contributed by atoms with Gasteiger partial charge in [0.05, 0.1) is 16.8 Å². The minimum atomic E-state index is -0.257. The Labute approximate surface area is 190 Å². The number of rotatable bonds is 7. The average molecular weight is 484 g/mol. The molecular weight excluding hydrogens is 458 g/mol. The Morgan fingerprint density at radius 2 is 1.94 bits per heavy atom. The third-order valence-electron chi connectivity index (χ3n) is 4.72. The average Bonchev–Trinajstić information content (AvgIpc) is 2.72. The van der Waals surface area contributed by atoms with E-state index < -0.39 is 0 Å². The van der Waals surface area contributed by atoms with E-state index in [9.17, 15) is 9.59 Å². The maximum Gasteiger partial charge on any atom is 0.264 e. The zero-order valence-corrected chi connectivity index (χ0v) is 19.5. The van der Waals surface area contributed by atoms with E-state index in [4.69, 9.17) is 4.74 Å². The molecule has 0 aliphatic carbocycles. The number of nitrogens with zero attached hydrogens (tertiary/aromatic N) is 1. The van der Waals surface area contributed by atoms with Crippen LogP contribution in [0.3, 0.4) is 0 Å². The molecule has 0 unspecified atom stereocenters. The van der Waals surface area contributed by atoms with Gasteiger partial charge in [0.25, 0.3) is 5.56 Å². The van der Waals surface area contributed by atoms with Crippen molar-refractivity contribution < 1.29 is 9.53 Å². The first-order valence-electron chi connectivity index (χ1n) is 10.1. The number of halogens is 1.